The predicted octanol–water partition coefficient (Wildman–Crippen LogP) is 2.65. The Morgan fingerprint density at radius 1 is 1.24 bits per heavy atom. The maximum atomic E-state index is 12.4. The van der Waals surface area contributed by atoms with Crippen molar-refractivity contribution in [2.24, 2.45) is 5.92 Å². The molecule has 1 atom stereocenters. The smallest absolute Gasteiger partial charge is 0.416 e. The lowest BCUT2D eigenvalue weighted by atomic mass is 10.1. The SMILES string of the molecule is C=C(C)C(=O)OCC(C#N)C(=O)OC(=O)c1ccc(C(F)(F)F)cc1. The maximum Gasteiger partial charge on any atom is 0.416 e. The van der Waals surface area contributed by atoms with Gasteiger partial charge < -0.3 is 9.47 Å². The van der Waals surface area contributed by atoms with E-state index in [1.165, 1.54) is 13.0 Å². The van der Waals surface area contributed by atoms with Gasteiger partial charge in [0.05, 0.1) is 17.2 Å². The highest BCUT2D eigenvalue weighted by Gasteiger charge is 2.31. The lowest BCUT2D eigenvalue weighted by Crippen LogP contribution is -2.25. The van der Waals surface area contributed by atoms with Crippen LogP contribution in [0.25, 0.3) is 0 Å². The molecule has 25 heavy (non-hydrogen) atoms. The van der Waals surface area contributed by atoms with Gasteiger partial charge in [-0.3, -0.25) is 0 Å². The van der Waals surface area contributed by atoms with Crippen LogP contribution in [0.5, 0.6) is 0 Å². The Bertz CT molecular complexity index is 732. The molecule has 0 amide bonds. The summed E-state index contributed by atoms with van der Waals surface area (Å²) in [5.74, 6) is -4.92. The van der Waals surface area contributed by atoms with Crippen LogP contribution in [0.2, 0.25) is 0 Å². The first-order valence-corrected chi connectivity index (χ1v) is 6.71. The summed E-state index contributed by atoms with van der Waals surface area (Å²) >= 11 is 0. The van der Waals surface area contributed by atoms with E-state index >= 15 is 0 Å². The van der Waals surface area contributed by atoms with Crippen LogP contribution in [0.1, 0.15) is 22.8 Å². The highest BCUT2D eigenvalue weighted by atomic mass is 19.4. The van der Waals surface area contributed by atoms with Crippen molar-refractivity contribution in [2.75, 3.05) is 6.61 Å². The molecule has 0 spiro atoms. The fourth-order valence-electron chi connectivity index (χ4n) is 1.46. The molecule has 1 rings (SSSR count). The van der Waals surface area contributed by atoms with Gasteiger partial charge in [0.25, 0.3) is 0 Å². The fraction of sp³-hybridized carbons (Fsp3) is 0.250. The van der Waals surface area contributed by atoms with E-state index in [9.17, 15) is 27.6 Å². The summed E-state index contributed by atoms with van der Waals surface area (Å²) in [5.41, 5.74) is -1.24. The normalized spacial score (nSPS) is 11.8. The van der Waals surface area contributed by atoms with Crippen molar-refractivity contribution in [2.45, 2.75) is 13.1 Å². The molecule has 1 unspecified atom stereocenters. The number of hydrogen-bond donors (Lipinski definition) is 0. The number of nitriles is 1. The molecule has 132 valence electrons. The number of carbonyl (C=O) groups is 3. The Morgan fingerprint density at radius 3 is 2.24 bits per heavy atom. The topological polar surface area (TPSA) is 93.5 Å². The number of ether oxygens (including phenoxy) is 2. The van der Waals surface area contributed by atoms with Gasteiger partial charge in [0.15, 0.2) is 5.92 Å². The average Bonchev–Trinajstić information content (AvgIpc) is 2.54. The van der Waals surface area contributed by atoms with Crippen molar-refractivity contribution in [3.8, 4) is 6.07 Å². The molecule has 0 aliphatic carbocycles. The second-order valence-electron chi connectivity index (χ2n) is 4.84. The van der Waals surface area contributed by atoms with E-state index in [1.807, 2.05) is 0 Å². The van der Waals surface area contributed by atoms with E-state index in [0.29, 0.717) is 12.1 Å². The summed E-state index contributed by atoms with van der Waals surface area (Å²) in [6.45, 7) is 4.01. The van der Waals surface area contributed by atoms with Gasteiger partial charge in [-0.25, -0.2) is 14.4 Å². The first-order valence-electron chi connectivity index (χ1n) is 6.71. The molecular weight excluding hydrogens is 343 g/mol. The molecule has 9 heteroatoms. The third-order valence-corrected chi connectivity index (χ3v) is 2.81. The molecule has 0 aromatic heterocycles. The van der Waals surface area contributed by atoms with Crippen molar-refractivity contribution in [3.63, 3.8) is 0 Å². The van der Waals surface area contributed by atoms with Crippen LogP contribution in [-0.4, -0.2) is 24.5 Å². The first kappa shape index (κ1) is 19.9. The summed E-state index contributed by atoms with van der Waals surface area (Å²) < 4.78 is 46.3. The molecule has 0 bridgehead atoms. The first-order chi connectivity index (χ1) is 11.6. The van der Waals surface area contributed by atoms with Crippen LogP contribution in [0.4, 0.5) is 13.2 Å². The number of halogens is 3. The van der Waals surface area contributed by atoms with Crippen LogP contribution in [0.15, 0.2) is 36.4 Å². The minimum Gasteiger partial charge on any atom is -0.460 e. The summed E-state index contributed by atoms with van der Waals surface area (Å²) in [5, 5.41) is 8.86. The number of benzene rings is 1. The zero-order valence-electron chi connectivity index (χ0n) is 12.9. The molecule has 0 fully saturated rings. The highest BCUT2D eigenvalue weighted by molar-refractivity contribution is 5.98. The van der Waals surface area contributed by atoms with E-state index in [1.54, 1.807) is 0 Å². The number of esters is 3. The van der Waals surface area contributed by atoms with Gasteiger partial charge >= 0.3 is 24.1 Å². The van der Waals surface area contributed by atoms with Gasteiger partial charge in [0, 0.05) is 5.57 Å². The number of hydrogen-bond acceptors (Lipinski definition) is 6. The highest BCUT2D eigenvalue weighted by Crippen LogP contribution is 2.29. The summed E-state index contributed by atoms with van der Waals surface area (Å²) in [7, 11) is 0. The van der Waals surface area contributed by atoms with Crippen molar-refractivity contribution in [1.82, 2.24) is 0 Å². The molecule has 0 saturated heterocycles. The molecule has 0 saturated carbocycles. The van der Waals surface area contributed by atoms with Gasteiger partial charge in [-0.05, 0) is 31.2 Å². The van der Waals surface area contributed by atoms with Crippen molar-refractivity contribution in [3.05, 3.63) is 47.5 Å². The standard InChI is InChI=1S/C16H12F3NO5/c1-9(2)13(21)24-8-11(7-20)15(23)25-14(22)10-3-5-12(6-4-10)16(17,18)19/h3-6,11H,1,8H2,2H3. The van der Waals surface area contributed by atoms with Crippen LogP contribution < -0.4 is 0 Å². The lowest BCUT2D eigenvalue weighted by Gasteiger charge is -2.10. The number of alkyl halides is 3. The largest absolute Gasteiger partial charge is 0.460 e. The molecule has 0 heterocycles. The van der Waals surface area contributed by atoms with Gasteiger partial charge in [0.1, 0.15) is 6.61 Å². The van der Waals surface area contributed by atoms with Gasteiger partial charge in [-0.15, -0.1) is 0 Å². The number of nitrogens with zero attached hydrogens (tertiary/aromatic N) is 1. The van der Waals surface area contributed by atoms with Gasteiger partial charge in [-0.1, -0.05) is 6.58 Å². The molecule has 0 aliphatic heterocycles. The molecular formula is C16H12F3NO5. The van der Waals surface area contributed by atoms with Crippen LogP contribution in [-0.2, 0) is 25.2 Å². The maximum absolute atomic E-state index is 12.4. The third-order valence-electron chi connectivity index (χ3n) is 2.81. The minimum absolute atomic E-state index is 0.0471. The monoisotopic (exact) mass is 355 g/mol. The Hall–Kier alpha value is -3.15. The van der Waals surface area contributed by atoms with E-state index in [2.05, 4.69) is 16.1 Å². The fourth-order valence-corrected chi connectivity index (χ4v) is 1.46. The average molecular weight is 355 g/mol. The second-order valence-corrected chi connectivity index (χ2v) is 4.84. The van der Waals surface area contributed by atoms with E-state index in [-0.39, 0.29) is 11.1 Å². The molecule has 6 nitrogen and oxygen atoms in total. The molecule has 0 radical (unpaired) electrons. The van der Waals surface area contributed by atoms with Crippen LogP contribution in [0, 0.1) is 17.2 Å². The Morgan fingerprint density at radius 2 is 1.80 bits per heavy atom. The summed E-state index contributed by atoms with van der Waals surface area (Å²) in [4.78, 5) is 34.6. The van der Waals surface area contributed by atoms with E-state index < -0.39 is 42.2 Å². The summed E-state index contributed by atoms with van der Waals surface area (Å²) in [6.07, 6.45) is -4.57. The Labute approximate surface area is 140 Å². The third kappa shape index (κ3) is 5.76. The second kappa shape index (κ2) is 8.10. The molecule has 0 N–H and O–H groups in total. The quantitative estimate of drug-likeness (QED) is 0.458. The van der Waals surface area contributed by atoms with Crippen molar-refractivity contribution >= 4 is 17.9 Å². The Kier molecular flexibility index (Phi) is 6.45. The number of rotatable bonds is 5. The molecule has 0 aliphatic rings. The summed E-state index contributed by atoms with van der Waals surface area (Å²) in [6, 6.07) is 4.47. The molecule has 1 aromatic carbocycles. The predicted molar refractivity (Wildman–Crippen MR) is 76.7 cm³/mol. The zero-order chi connectivity index (χ0) is 19.2. The van der Waals surface area contributed by atoms with E-state index in [4.69, 9.17) is 5.26 Å². The van der Waals surface area contributed by atoms with Crippen molar-refractivity contribution in [1.29, 1.82) is 5.26 Å². The number of carbonyl (C=O) groups excluding carboxylic acids is 3. The van der Waals surface area contributed by atoms with Gasteiger partial charge in [0.2, 0.25) is 0 Å². The van der Waals surface area contributed by atoms with Crippen LogP contribution >= 0.6 is 0 Å². The lowest BCUT2D eigenvalue weighted by molar-refractivity contribution is -0.147. The molecule has 1 aromatic rings. The van der Waals surface area contributed by atoms with E-state index in [0.717, 1.165) is 12.1 Å². The van der Waals surface area contributed by atoms with Gasteiger partial charge in [-0.2, -0.15) is 18.4 Å². The zero-order valence-corrected chi connectivity index (χ0v) is 12.9. The van der Waals surface area contributed by atoms with Crippen LogP contribution in [0.3, 0.4) is 0 Å². The minimum atomic E-state index is -4.57. The van der Waals surface area contributed by atoms with Crippen molar-refractivity contribution < 1.29 is 37.0 Å². The Balaban J connectivity index is 2.71.